The molecule has 0 fully saturated rings. The van der Waals surface area contributed by atoms with E-state index in [0.717, 1.165) is 17.4 Å². The smallest absolute Gasteiger partial charge is 0.142 e. The average molecular weight is 378 g/mol. The lowest BCUT2D eigenvalue weighted by molar-refractivity contribution is -0.104. The second-order valence-corrected chi connectivity index (χ2v) is 7.97. The van der Waals surface area contributed by atoms with E-state index in [1.165, 1.54) is 17.7 Å². The first-order valence-electron chi connectivity index (χ1n) is 9.85. The fraction of sp³-hybridized carbons (Fsp3) is 0.320. The van der Waals surface area contributed by atoms with Crippen molar-refractivity contribution >= 4 is 11.9 Å². The minimum atomic E-state index is -0.389. The zero-order valence-corrected chi connectivity index (χ0v) is 17.0. The highest BCUT2D eigenvalue weighted by molar-refractivity contribution is 5.77. The van der Waals surface area contributed by atoms with Crippen molar-refractivity contribution in [1.82, 2.24) is 4.90 Å². The Balaban J connectivity index is 2.28. The van der Waals surface area contributed by atoms with Gasteiger partial charge in [0.05, 0.1) is 5.54 Å². The van der Waals surface area contributed by atoms with Crippen LogP contribution < -0.4 is 0 Å². The molecule has 2 unspecified atom stereocenters. The van der Waals surface area contributed by atoms with E-state index in [4.69, 9.17) is 0 Å². The van der Waals surface area contributed by atoms with E-state index in [1.54, 1.807) is 6.08 Å². The van der Waals surface area contributed by atoms with Crippen LogP contribution in [0.25, 0.3) is 5.57 Å². The summed E-state index contributed by atoms with van der Waals surface area (Å²) in [5, 5.41) is 0. The lowest BCUT2D eigenvalue weighted by Gasteiger charge is -2.47. The van der Waals surface area contributed by atoms with Crippen molar-refractivity contribution in [1.29, 1.82) is 0 Å². The number of allylic oxidation sites excluding steroid dienone is 1. The van der Waals surface area contributed by atoms with E-state index >= 15 is 0 Å². The first-order valence-corrected chi connectivity index (χ1v) is 9.85. The topological polar surface area (TPSA) is 20.3 Å². The summed E-state index contributed by atoms with van der Waals surface area (Å²) in [6, 6.07) is 17.3. The Bertz CT molecular complexity index is 867. The van der Waals surface area contributed by atoms with Crippen molar-refractivity contribution in [2.75, 3.05) is 0 Å². The Kier molecular flexibility index (Phi) is 5.83. The molecule has 0 saturated heterocycles. The third kappa shape index (κ3) is 3.42. The standard InChI is InChI=1S/C25H28FNO/c1-18(2)25(15-8-16-28)24(21-9-6-5-7-10-21)23(17-27(25)19(3)4)20-11-13-22(26)14-12-20/h5-19,24H,1-4H3/b15-8+. The SMILES string of the molecule is CC(C)N1C=C(c2ccc(F)cc2)C(c2ccccc2)C1(/C=C/C=O)C(C)C. The predicted molar refractivity (Wildman–Crippen MR) is 113 cm³/mol. The Labute approximate surface area is 167 Å². The van der Waals surface area contributed by atoms with Crippen LogP contribution in [0, 0.1) is 11.7 Å². The van der Waals surface area contributed by atoms with Gasteiger partial charge < -0.3 is 4.90 Å². The average Bonchev–Trinajstić information content (AvgIpc) is 3.04. The number of benzene rings is 2. The molecule has 0 aliphatic carbocycles. The number of carbonyl (C=O) groups excluding carboxylic acids is 1. The molecule has 0 saturated carbocycles. The van der Waals surface area contributed by atoms with Crippen LogP contribution in [-0.2, 0) is 4.79 Å². The highest BCUT2D eigenvalue weighted by atomic mass is 19.1. The predicted octanol–water partition coefficient (Wildman–Crippen LogP) is 5.82. The highest BCUT2D eigenvalue weighted by Gasteiger charge is 2.51. The van der Waals surface area contributed by atoms with E-state index in [-0.39, 0.29) is 29.2 Å². The summed E-state index contributed by atoms with van der Waals surface area (Å²) < 4.78 is 13.6. The minimum absolute atomic E-state index is 0.0257. The molecule has 1 aliphatic rings. The summed E-state index contributed by atoms with van der Waals surface area (Å²) in [6.07, 6.45) is 6.72. The van der Waals surface area contributed by atoms with Crippen LogP contribution in [0.15, 0.2) is 72.9 Å². The third-order valence-electron chi connectivity index (χ3n) is 5.73. The molecule has 2 aromatic rings. The maximum atomic E-state index is 13.6. The van der Waals surface area contributed by atoms with Gasteiger partial charge in [0, 0.05) is 18.2 Å². The van der Waals surface area contributed by atoms with Gasteiger partial charge in [-0.1, -0.05) is 62.4 Å². The summed E-state index contributed by atoms with van der Waals surface area (Å²) in [4.78, 5) is 13.6. The number of hydrogen-bond acceptors (Lipinski definition) is 2. The first-order chi connectivity index (χ1) is 13.4. The molecular weight excluding hydrogens is 349 g/mol. The van der Waals surface area contributed by atoms with Gasteiger partial charge in [0.15, 0.2) is 0 Å². The van der Waals surface area contributed by atoms with Gasteiger partial charge >= 0.3 is 0 Å². The zero-order valence-electron chi connectivity index (χ0n) is 17.0. The lowest BCUT2D eigenvalue weighted by atomic mass is 9.69. The van der Waals surface area contributed by atoms with E-state index in [9.17, 15) is 9.18 Å². The van der Waals surface area contributed by atoms with Gasteiger partial charge in [-0.15, -0.1) is 0 Å². The van der Waals surface area contributed by atoms with Crippen molar-refractivity contribution < 1.29 is 9.18 Å². The van der Waals surface area contributed by atoms with E-state index in [1.807, 2.05) is 30.3 Å². The molecule has 2 atom stereocenters. The second-order valence-electron chi connectivity index (χ2n) is 7.97. The normalized spacial score (nSPS) is 22.3. The van der Waals surface area contributed by atoms with Gasteiger partial charge in [0.2, 0.25) is 0 Å². The van der Waals surface area contributed by atoms with Gasteiger partial charge in [-0.3, -0.25) is 4.79 Å². The molecule has 28 heavy (non-hydrogen) atoms. The highest BCUT2D eigenvalue weighted by Crippen LogP contribution is 2.53. The molecule has 146 valence electrons. The van der Waals surface area contributed by atoms with Crippen LogP contribution in [0.5, 0.6) is 0 Å². The number of nitrogens with zero attached hydrogens (tertiary/aromatic N) is 1. The molecule has 2 nitrogen and oxygen atoms in total. The molecule has 0 aromatic heterocycles. The molecule has 0 amide bonds. The number of carbonyl (C=O) groups is 1. The van der Waals surface area contributed by atoms with Crippen LogP contribution in [0.4, 0.5) is 4.39 Å². The first kappa shape index (κ1) is 20.1. The Morgan fingerprint density at radius 2 is 1.64 bits per heavy atom. The molecule has 3 rings (SSSR count). The maximum absolute atomic E-state index is 13.6. The van der Waals surface area contributed by atoms with Gasteiger partial charge in [-0.2, -0.15) is 0 Å². The number of aldehydes is 1. The minimum Gasteiger partial charge on any atom is -0.364 e. The molecule has 3 heteroatoms. The van der Waals surface area contributed by atoms with Gasteiger partial charge in [-0.05, 0) is 54.7 Å². The fourth-order valence-corrected chi connectivity index (χ4v) is 4.51. The number of hydrogen-bond donors (Lipinski definition) is 0. The van der Waals surface area contributed by atoms with Crippen LogP contribution in [0.1, 0.15) is 44.7 Å². The second kappa shape index (κ2) is 8.14. The summed E-state index contributed by atoms with van der Waals surface area (Å²) in [7, 11) is 0. The summed E-state index contributed by atoms with van der Waals surface area (Å²) >= 11 is 0. The van der Waals surface area contributed by atoms with Crippen LogP contribution in [0.3, 0.4) is 0 Å². The quantitative estimate of drug-likeness (QED) is 0.467. The maximum Gasteiger partial charge on any atom is 0.142 e. The zero-order chi connectivity index (χ0) is 20.3. The van der Waals surface area contributed by atoms with Crippen LogP contribution >= 0.6 is 0 Å². The van der Waals surface area contributed by atoms with Crippen molar-refractivity contribution in [2.24, 2.45) is 5.92 Å². The molecule has 1 aliphatic heterocycles. The Morgan fingerprint density at radius 1 is 1.00 bits per heavy atom. The van der Waals surface area contributed by atoms with Crippen molar-refractivity contribution in [2.45, 2.75) is 45.2 Å². The molecule has 0 spiro atoms. The number of rotatable bonds is 6. The monoisotopic (exact) mass is 377 g/mol. The molecular formula is C25H28FNO. The Morgan fingerprint density at radius 3 is 2.18 bits per heavy atom. The summed E-state index contributed by atoms with van der Waals surface area (Å²) in [6.45, 7) is 8.72. The van der Waals surface area contributed by atoms with E-state index in [0.29, 0.717) is 0 Å². The lowest BCUT2D eigenvalue weighted by Crippen LogP contribution is -2.52. The molecule has 1 heterocycles. The van der Waals surface area contributed by atoms with Gasteiger partial charge in [-0.25, -0.2) is 4.39 Å². The van der Waals surface area contributed by atoms with Crippen molar-refractivity contribution in [3.63, 3.8) is 0 Å². The summed E-state index contributed by atoms with van der Waals surface area (Å²) in [5.41, 5.74) is 2.94. The molecule has 0 N–H and O–H groups in total. The largest absolute Gasteiger partial charge is 0.364 e. The molecule has 2 aromatic carbocycles. The van der Waals surface area contributed by atoms with E-state index < -0.39 is 0 Å². The number of halogens is 1. The summed E-state index contributed by atoms with van der Waals surface area (Å²) in [5.74, 6) is 0.0264. The third-order valence-corrected chi connectivity index (χ3v) is 5.73. The fourth-order valence-electron chi connectivity index (χ4n) is 4.51. The molecule has 0 bridgehead atoms. The molecule has 0 radical (unpaired) electrons. The van der Waals surface area contributed by atoms with Gasteiger partial charge in [0.1, 0.15) is 12.1 Å². The van der Waals surface area contributed by atoms with Crippen molar-refractivity contribution in [3.8, 4) is 0 Å². The van der Waals surface area contributed by atoms with Crippen molar-refractivity contribution in [3.05, 3.63) is 89.9 Å². The Hall–Kier alpha value is -2.68. The van der Waals surface area contributed by atoms with Crippen LogP contribution in [-0.4, -0.2) is 22.8 Å². The van der Waals surface area contributed by atoms with Gasteiger partial charge in [0.25, 0.3) is 0 Å². The van der Waals surface area contributed by atoms with Crippen LogP contribution in [0.2, 0.25) is 0 Å². The van der Waals surface area contributed by atoms with E-state index in [2.05, 4.69) is 57.0 Å².